The van der Waals surface area contributed by atoms with Crippen LogP contribution in [0.1, 0.15) is 18.4 Å². The third kappa shape index (κ3) is 6.13. The Morgan fingerprint density at radius 1 is 1.09 bits per heavy atom. The van der Waals surface area contributed by atoms with Gasteiger partial charge in [0.25, 0.3) is 0 Å². The molecule has 1 saturated heterocycles. The Bertz CT molecular complexity index is 1030. The van der Waals surface area contributed by atoms with Gasteiger partial charge in [0.1, 0.15) is 11.5 Å². The van der Waals surface area contributed by atoms with E-state index in [1.165, 1.54) is 18.2 Å². The van der Waals surface area contributed by atoms with Crippen molar-refractivity contribution in [3.63, 3.8) is 0 Å². The second-order valence-corrected chi connectivity index (χ2v) is 7.00. The van der Waals surface area contributed by atoms with Crippen molar-refractivity contribution >= 4 is 40.9 Å². The number of rotatable bonds is 8. The van der Waals surface area contributed by atoms with Crippen LogP contribution in [-0.4, -0.2) is 31.6 Å². The van der Waals surface area contributed by atoms with Crippen molar-refractivity contribution in [2.45, 2.75) is 26.1 Å². The van der Waals surface area contributed by atoms with E-state index in [2.05, 4.69) is 14.8 Å². The minimum atomic E-state index is -3.22. The number of ether oxygens (including phenoxy) is 2. The van der Waals surface area contributed by atoms with E-state index in [-0.39, 0.29) is 27.9 Å². The largest absolute Gasteiger partial charge is 0.435 e. The van der Waals surface area contributed by atoms with E-state index in [4.69, 9.17) is 11.6 Å². The molecule has 2 aromatic carbocycles. The summed E-state index contributed by atoms with van der Waals surface area (Å²) in [7, 11) is 0. The lowest BCUT2D eigenvalue weighted by Gasteiger charge is -2.17. The number of hydrogen-bond donors (Lipinski definition) is 1. The van der Waals surface area contributed by atoms with Crippen molar-refractivity contribution in [2.24, 2.45) is 0 Å². The molecular weight excluding hydrogens is 456 g/mol. The molecule has 0 radical (unpaired) electrons. The minimum Gasteiger partial charge on any atom is -0.435 e. The lowest BCUT2D eigenvalue weighted by Crippen LogP contribution is -2.23. The molecule has 0 aliphatic carbocycles. The number of nitrogens with one attached hydrogen (secondary N) is 1. The van der Waals surface area contributed by atoms with Crippen LogP contribution in [-0.2, 0) is 9.59 Å². The van der Waals surface area contributed by atoms with Crippen LogP contribution in [0, 0.1) is 0 Å². The summed E-state index contributed by atoms with van der Waals surface area (Å²) in [6.07, 6.45) is 3.37. The monoisotopic (exact) mass is 472 g/mol. The molecule has 0 aromatic heterocycles. The van der Waals surface area contributed by atoms with Crippen LogP contribution in [0.5, 0.6) is 11.5 Å². The zero-order chi connectivity index (χ0) is 23.3. The summed E-state index contributed by atoms with van der Waals surface area (Å²) in [5.74, 6) is -1.50. The van der Waals surface area contributed by atoms with Gasteiger partial charge in [-0.05, 0) is 42.8 Å². The number of halogens is 5. The molecular formula is C21H17ClF4N2O4. The topological polar surface area (TPSA) is 67.9 Å². The highest BCUT2D eigenvalue weighted by Crippen LogP contribution is 2.31. The summed E-state index contributed by atoms with van der Waals surface area (Å²) in [4.78, 5) is 25.8. The van der Waals surface area contributed by atoms with Gasteiger partial charge in [-0.15, -0.1) is 0 Å². The molecule has 1 heterocycles. The van der Waals surface area contributed by atoms with Gasteiger partial charge in [-0.3, -0.25) is 9.59 Å². The lowest BCUT2D eigenvalue weighted by molar-refractivity contribution is -0.117. The minimum absolute atomic E-state index is 0.0320. The van der Waals surface area contributed by atoms with Crippen molar-refractivity contribution in [3.8, 4) is 11.5 Å². The van der Waals surface area contributed by atoms with Gasteiger partial charge in [-0.2, -0.15) is 17.6 Å². The molecule has 32 heavy (non-hydrogen) atoms. The van der Waals surface area contributed by atoms with E-state index in [1.807, 2.05) is 0 Å². The van der Waals surface area contributed by atoms with Gasteiger partial charge >= 0.3 is 13.2 Å². The smallest absolute Gasteiger partial charge is 0.387 e. The van der Waals surface area contributed by atoms with Crippen molar-refractivity contribution in [1.82, 2.24) is 0 Å². The molecule has 0 atom stereocenters. The summed E-state index contributed by atoms with van der Waals surface area (Å²) in [6.45, 7) is -5.79. The molecule has 0 saturated carbocycles. The van der Waals surface area contributed by atoms with E-state index in [9.17, 15) is 27.2 Å². The van der Waals surface area contributed by atoms with Crippen LogP contribution in [0.25, 0.3) is 6.08 Å². The Hall–Kier alpha value is -3.27. The molecule has 0 spiro atoms. The highest BCUT2D eigenvalue weighted by Gasteiger charge is 2.22. The first-order valence-electron chi connectivity index (χ1n) is 9.35. The molecule has 1 aliphatic heterocycles. The normalized spacial score (nSPS) is 14.0. The summed E-state index contributed by atoms with van der Waals surface area (Å²) in [6, 6.07) is 7.93. The molecule has 1 aliphatic rings. The van der Waals surface area contributed by atoms with E-state index in [0.717, 1.165) is 24.6 Å². The Balaban J connectivity index is 1.76. The molecule has 0 bridgehead atoms. The fourth-order valence-corrected chi connectivity index (χ4v) is 3.23. The molecule has 0 unspecified atom stereocenters. The first-order valence-corrected chi connectivity index (χ1v) is 9.73. The van der Waals surface area contributed by atoms with E-state index in [1.54, 1.807) is 17.0 Å². The predicted molar refractivity (Wildman–Crippen MR) is 110 cm³/mol. The van der Waals surface area contributed by atoms with Crippen LogP contribution in [0.3, 0.4) is 0 Å². The second-order valence-electron chi connectivity index (χ2n) is 6.59. The molecule has 2 amide bonds. The van der Waals surface area contributed by atoms with E-state index < -0.39 is 24.9 Å². The maximum atomic E-state index is 12.7. The molecule has 1 N–H and O–H groups in total. The number of carbonyl (C=O) groups is 2. The molecule has 11 heteroatoms. The standard InChI is InChI=1S/C21H17ClF4N2O4/c22-15-7-5-13(28-9-1-2-19(28)30)10-16(15)27-18(29)8-4-12-3-6-14(31-20(23)24)11-17(12)32-21(25)26/h3-8,10-11,20-21H,1-2,9H2,(H,27,29)/b8-4+. The molecule has 170 valence electrons. The Morgan fingerprint density at radius 3 is 2.50 bits per heavy atom. The average molecular weight is 473 g/mol. The van der Waals surface area contributed by atoms with Gasteiger partial charge < -0.3 is 19.7 Å². The first kappa shape index (κ1) is 23.4. The third-order valence-corrected chi connectivity index (χ3v) is 4.76. The predicted octanol–water partition coefficient (Wildman–Crippen LogP) is 5.32. The van der Waals surface area contributed by atoms with Crippen molar-refractivity contribution < 1.29 is 36.6 Å². The number of nitrogens with zero attached hydrogens (tertiary/aromatic N) is 1. The molecule has 1 fully saturated rings. The van der Waals surface area contributed by atoms with Gasteiger partial charge in [-0.25, -0.2) is 0 Å². The van der Waals surface area contributed by atoms with Crippen LogP contribution in [0.15, 0.2) is 42.5 Å². The van der Waals surface area contributed by atoms with E-state index >= 15 is 0 Å². The summed E-state index contributed by atoms with van der Waals surface area (Å²) < 4.78 is 58.5. The van der Waals surface area contributed by atoms with Crippen molar-refractivity contribution in [3.05, 3.63) is 53.1 Å². The van der Waals surface area contributed by atoms with Crippen molar-refractivity contribution in [1.29, 1.82) is 0 Å². The van der Waals surface area contributed by atoms with Gasteiger partial charge in [0.15, 0.2) is 0 Å². The van der Waals surface area contributed by atoms with Crippen LogP contribution in [0.4, 0.5) is 28.9 Å². The summed E-state index contributed by atoms with van der Waals surface area (Å²) >= 11 is 6.12. The Kier molecular flexibility index (Phi) is 7.57. The second kappa shape index (κ2) is 10.4. The fourth-order valence-electron chi connectivity index (χ4n) is 3.06. The SMILES string of the molecule is O=C(/C=C/c1ccc(OC(F)F)cc1OC(F)F)Nc1cc(N2CCCC2=O)ccc1Cl. The number of amides is 2. The fraction of sp³-hybridized carbons (Fsp3) is 0.238. The average Bonchev–Trinajstić information content (AvgIpc) is 3.14. The maximum Gasteiger partial charge on any atom is 0.387 e. The van der Waals surface area contributed by atoms with Gasteiger partial charge in [-0.1, -0.05) is 11.6 Å². The van der Waals surface area contributed by atoms with Crippen LogP contribution in [0.2, 0.25) is 5.02 Å². The number of benzene rings is 2. The molecule has 2 aromatic rings. The number of hydrogen-bond acceptors (Lipinski definition) is 4. The number of anilines is 2. The zero-order valence-corrected chi connectivity index (χ0v) is 17.1. The molecule has 3 rings (SSSR count). The van der Waals surface area contributed by atoms with Gasteiger partial charge in [0.05, 0.1) is 10.7 Å². The number of alkyl halides is 4. The highest BCUT2D eigenvalue weighted by atomic mass is 35.5. The van der Waals surface area contributed by atoms with Gasteiger partial charge in [0, 0.05) is 36.4 Å². The van der Waals surface area contributed by atoms with Crippen LogP contribution < -0.4 is 19.7 Å². The Morgan fingerprint density at radius 2 is 1.84 bits per heavy atom. The molecule has 6 nitrogen and oxygen atoms in total. The highest BCUT2D eigenvalue weighted by molar-refractivity contribution is 6.34. The van der Waals surface area contributed by atoms with Gasteiger partial charge in [0.2, 0.25) is 11.8 Å². The summed E-state index contributed by atoms with van der Waals surface area (Å²) in [5, 5.41) is 2.78. The van der Waals surface area contributed by atoms with Crippen LogP contribution >= 0.6 is 11.6 Å². The quantitative estimate of drug-likeness (QED) is 0.417. The Labute approximate surface area is 185 Å². The summed E-state index contributed by atoms with van der Waals surface area (Å²) in [5.41, 5.74) is 0.867. The zero-order valence-electron chi connectivity index (χ0n) is 16.4. The first-order chi connectivity index (χ1) is 15.2. The van der Waals surface area contributed by atoms with E-state index in [0.29, 0.717) is 18.7 Å². The number of carbonyl (C=O) groups excluding carboxylic acids is 2. The maximum absolute atomic E-state index is 12.7. The third-order valence-electron chi connectivity index (χ3n) is 4.43. The van der Waals surface area contributed by atoms with Crippen molar-refractivity contribution in [2.75, 3.05) is 16.8 Å². The lowest BCUT2D eigenvalue weighted by atomic mass is 10.1.